The highest BCUT2D eigenvalue weighted by molar-refractivity contribution is 5.92. The van der Waals surface area contributed by atoms with E-state index in [9.17, 15) is 4.79 Å². The Balaban J connectivity index is 1.84. The van der Waals surface area contributed by atoms with Crippen LogP contribution in [0.1, 0.15) is 24.8 Å². The van der Waals surface area contributed by atoms with Gasteiger partial charge in [-0.15, -0.1) is 0 Å². The molecule has 1 saturated heterocycles. The first-order valence-electron chi connectivity index (χ1n) is 7.37. The molecule has 1 atom stereocenters. The van der Waals surface area contributed by atoms with E-state index in [1.807, 2.05) is 31.2 Å². The number of nitrogens with one attached hydrogen (secondary N) is 1. The van der Waals surface area contributed by atoms with E-state index < -0.39 is 0 Å². The molecule has 1 aliphatic heterocycles. The lowest BCUT2D eigenvalue weighted by Gasteiger charge is -2.31. The number of piperidine rings is 1. The molecule has 0 spiro atoms. The summed E-state index contributed by atoms with van der Waals surface area (Å²) in [5.41, 5.74) is 1.97. The highest BCUT2D eigenvalue weighted by atomic mass is 16.3. The number of carbonyl (C=O) groups is 1. The molecule has 1 heterocycles. The van der Waals surface area contributed by atoms with Crippen LogP contribution in [0, 0.1) is 12.8 Å². The van der Waals surface area contributed by atoms with Gasteiger partial charge in [-0.25, -0.2) is 0 Å². The molecule has 1 amide bonds. The minimum atomic E-state index is 0.0453. The number of aliphatic hydroxyl groups excluding tert-OH is 1. The summed E-state index contributed by atoms with van der Waals surface area (Å²) < 4.78 is 0. The smallest absolute Gasteiger partial charge is 0.238 e. The van der Waals surface area contributed by atoms with E-state index in [1.165, 1.54) is 0 Å². The molecule has 4 heteroatoms. The number of para-hydroxylation sites is 1. The van der Waals surface area contributed by atoms with Gasteiger partial charge in [-0.1, -0.05) is 18.2 Å². The number of benzene rings is 1. The maximum atomic E-state index is 12.1. The van der Waals surface area contributed by atoms with Gasteiger partial charge in [0.2, 0.25) is 5.91 Å². The van der Waals surface area contributed by atoms with Crippen LogP contribution in [0.5, 0.6) is 0 Å². The van der Waals surface area contributed by atoms with Crippen LogP contribution in [0.15, 0.2) is 24.3 Å². The number of rotatable bonds is 5. The Labute approximate surface area is 120 Å². The van der Waals surface area contributed by atoms with E-state index in [0.29, 0.717) is 12.5 Å². The van der Waals surface area contributed by atoms with Crippen LogP contribution >= 0.6 is 0 Å². The number of likely N-dealkylation sites (tertiary alicyclic amines) is 1. The molecule has 110 valence electrons. The zero-order chi connectivity index (χ0) is 14.4. The lowest BCUT2D eigenvalue weighted by atomic mass is 9.95. The molecule has 0 bridgehead atoms. The number of amides is 1. The number of aryl methyl sites for hydroxylation is 1. The molecule has 0 aromatic heterocycles. The number of nitrogens with zero attached hydrogens (tertiary/aromatic N) is 1. The first-order valence-corrected chi connectivity index (χ1v) is 7.37. The van der Waals surface area contributed by atoms with Crippen molar-refractivity contribution in [3.05, 3.63) is 29.8 Å². The molecule has 1 fully saturated rings. The van der Waals surface area contributed by atoms with Crippen molar-refractivity contribution >= 4 is 11.6 Å². The van der Waals surface area contributed by atoms with Gasteiger partial charge < -0.3 is 10.4 Å². The zero-order valence-corrected chi connectivity index (χ0v) is 12.1. The van der Waals surface area contributed by atoms with Gasteiger partial charge in [0, 0.05) is 18.8 Å². The summed E-state index contributed by atoms with van der Waals surface area (Å²) in [6.45, 7) is 4.57. The third-order valence-electron chi connectivity index (χ3n) is 3.93. The van der Waals surface area contributed by atoms with Gasteiger partial charge in [-0.05, 0) is 50.3 Å². The number of aliphatic hydroxyl groups is 1. The predicted octanol–water partition coefficient (Wildman–Crippen LogP) is 2.03. The highest BCUT2D eigenvalue weighted by Gasteiger charge is 2.21. The van der Waals surface area contributed by atoms with E-state index in [4.69, 9.17) is 5.11 Å². The van der Waals surface area contributed by atoms with Crippen LogP contribution in [0.3, 0.4) is 0 Å². The fourth-order valence-electron chi connectivity index (χ4n) is 2.82. The van der Waals surface area contributed by atoms with Crippen molar-refractivity contribution in [2.24, 2.45) is 5.92 Å². The Morgan fingerprint density at radius 3 is 3.00 bits per heavy atom. The Morgan fingerprint density at radius 2 is 2.25 bits per heavy atom. The van der Waals surface area contributed by atoms with E-state index >= 15 is 0 Å². The van der Waals surface area contributed by atoms with Crippen LogP contribution < -0.4 is 5.32 Å². The van der Waals surface area contributed by atoms with Crippen LogP contribution in [0.2, 0.25) is 0 Å². The molecule has 1 unspecified atom stereocenters. The monoisotopic (exact) mass is 276 g/mol. The van der Waals surface area contributed by atoms with Crippen molar-refractivity contribution in [3.63, 3.8) is 0 Å². The summed E-state index contributed by atoms with van der Waals surface area (Å²) in [6.07, 6.45) is 3.12. The first kappa shape index (κ1) is 15.0. The van der Waals surface area contributed by atoms with Crippen LogP contribution in [0.4, 0.5) is 5.69 Å². The second-order valence-corrected chi connectivity index (χ2v) is 5.62. The van der Waals surface area contributed by atoms with Gasteiger partial charge >= 0.3 is 0 Å². The topological polar surface area (TPSA) is 52.6 Å². The summed E-state index contributed by atoms with van der Waals surface area (Å²) in [5.74, 6) is 0.573. The fraction of sp³-hybridized carbons (Fsp3) is 0.562. The van der Waals surface area contributed by atoms with Gasteiger partial charge in [0.15, 0.2) is 0 Å². The minimum Gasteiger partial charge on any atom is -0.396 e. The summed E-state index contributed by atoms with van der Waals surface area (Å²) >= 11 is 0. The molecule has 0 saturated carbocycles. The molecule has 2 N–H and O–H groups in total. The number of anilines is 1. The average molecular weight is 276 g/mol. The zero-order valence-electron chi connectivity index (χ0n) is 12.1. The van der Waals surface area contributed by atoms with Crippen LogP contribution in [0.25, 0.3) is 0 Å². The molecular weight excluding hydrogens is 252 g/mol. The number of hydrogen-bond acceptors (Lipinski definition) is 3. The van der Waals surface area contributed by atoms with Crippen molar-refractivity contribution in [2.75, 3.05) is 31.6 Å². The van der Waals surface area contributed by atoms with Gasteiger partial charge in [0.1, 0.15) is 0 Å². The maximum absolute atomic E-state index is 12.1. The number of hydrogen-bond donors (Lipinski definition) is 2. The Hall–Kier alpha value is -1.39. The van der Waals surface area contributed by atoms with Crippen LogP contribution in [-0.2, 0) is 4.79 Å². The molecule has 20 heavy (non-hydrogen) atoms. The van der Waals surface area contributed by atoms with E-state index in [1.54, 1.807) is 0 Å². The summed E-state index contributed by atoms with van der Waals surface area (Å²) in [6, 6.07) is 7.82. The molecule has 0 aliphatic carbocycles. The van der Waals surface area contributed by atoms with E-state index in [-0.39, 0.29) is 12.5 Å². The molecule has 4 nitrogen and oxygen atoms in total. The second kappa shape index (κ2) is 7.41. The van der Waals surface area contributed by atoms with Gasteiger partial charge in [0.25, 0.3) is 0 Å². The molecular formula is C16H24N2O2. The van der Waals surface area contributed by atoms with Crippen molar-refractivity contribution in [3.8, 4) is 0 Å². The van der Waals surface area contributed by atoms with Gasteiger partial charge in [-0.3, -0.25) is 9.69 Å². The van der Waals surface area contributed by atoms with E-state index in [2.05, 4.69) is 10.2 Å². The van der Waals surface area contributed by atoms with Crippen LogP contribution in [-0.4, -0.2) is 42.2 Å². The summed E-state index contributed by atoms with van der Waals surface area (Å²) in [7, 11) is 0. The molecule has 0 radical (unpaired) electrons. The second-order valence-electron chi connectivity index (χ2n) is 5.62. The Kier molecular flexibility index (Phi) is 5.56. The minimum absolute atomic E-state index is 0.0453. The Morgan fingerprint density at radius 1 is 1.45 bits per heavy atom. The first-order chi connectivity index (χ1) is 9.69. The SMILES string of the molecule is Cc1ccccc1NC(=O)CN1CCCC(CCO)C1. The van der Waals surface area contributed by atoms with Crippen molar-refractivity contribution in [1.29, 1.82) is 0 Å². The molecule has 1 aromatic rings. The predicted molar refractivity (Wildman–Crippen MR) is 80.7 cm³/mol. The van der Waals surface area contributed by atoms with Gasteiger partial charge in [0.05, 0.1) is 6.54 Å². The average Bonchev–Trinajstić information content (AvgIpc) is 2.42. The quantitative estimate of drug-likeness (QED) is 0.865. The van der Waals surface area contributed by atoms with Crippen molar-refractivity contribution in [1.82, 2.24) is 4.90 Å². The number of carbonyl (C=O) groups excluding carboxylic acids is 1. The van der Waals surface area contributed by atoms with Crippen molar-refractivity contribution < 1.29 is 9.90 Å². The largest absolute Gasteiger partial charge is 0.396 e. The molecule has 1 aliphatic rings. The van der Waals surface area contributed by atoms with Crippen molar-refractivity contribution in [2.45, 2.75) is 26.2 Å². The fourth-order valence-corrected chi connectivity index (χ4v) is 2.82. The normalized spacial score (nSPS) is 19.8. The molecule has 2 rings (SSSR count). The third-order valence-corrected chi connectivity index (χ3v) is 3.93. The highest BCUT2D eigenvalue weighted by Crippen LogP contribution is 2.19. The van der Waals surface area contributed by atoms with Gasteiger partial charge in [-0.2, -0.15) is 0 Å². The maximum Gasteiger partial charge on any atom is 0.238 e. The standard InChI is InChI=1S/C16H24N2O2/c1-13-5-2-3-7-15(13)17-16(20)12-18-9-4-6-14(11-18)8-10-19/h2-3,5,7,14,19H,4,6,8-12H2,1H3,(H,17,20). The van der Waals surface area contributed by atoms with E-state index in [0.717, 1.165) is 43.6 Å². The third kappa shape index (κ3) is 4.32. The Bertz CT molecular complexity index is 446. The lowest BCUT2D eigenvalue weighted by molar-refractivity contribution is -0.117. The molecule has 1 aromatic carbocycles. The summed E-state index contributed by atoms with van der Waals surface area (Å²) in [5, 5.41) is 12.0. The summed E-state index contributed by atoms with van der Waals surface area (Å²) in [4.78, 5) is 14.3. The lowest BCUT2D eigenvalue weighted by Crippen LogP contribution is -2.40.